The van der Waals surface area contributed by atoms with Gasteiger partial charge in [0, 0.05) is 56.0 Å². The molecule has 0 bridgehead atoms. The van der Waals surface area contributed by atoms with Gasteiger partial charge in [-0.1, -0.05) is 82.0 Å². The Morgan fingerprint density at radius 1 is 0.935 bits per heavy atom. The number of ketones is 1. The third kappa shape index (κ3) is 8.86. The molecule has 4 nitrogen and oxygen atoms in total. The normalized spacial score (nSPS) is 12.1. The average molecular weight is 809 g/mol. The number of nitrogens with zero attached hydrogens (tertiary/aromatic N) is 1. The molecule has 247 valence electrons. The quantitative estimate of drug-likeness (QED) is 0.0867. The van der Waals surface area contributed by atoms with Crippen LogP contribution in [0.1, 0.15) is 70.9 Å². The number of benzene rings is 3. The van der Waals surface area contributed by atoms with E-state index in [1.807, 2.05) is 77.1 Å². The Kier molecular flexibility index (Phi) is 13.2. The summed E-state index contributed by atoms with van der Waals surface area (Å²) in [6.45, 7) is 10.0. The molecule has 0 saturated heterocycles. The van der Waals surface area contributed by atoms with E-state index < -0.39 is 12.6 Å². The van der Waals surface area contributed by atoms with E-state index in [-0.39, 0.29) is 49.9 Å². The zero-order valence-corrected chi connectivity index (χ0v) is 29.3. The number of para-hydroxylation sites is 1. The van der Waals surface area contributed by atoms with E-state index in [9.17, 15) is 23.1 Å². The van der Waals surface area contributed by atoms with Gasteiger partial charge in [0.2, 0.25) is 0 Å². The first-order valence-corrected chi connectivity index (χ1v) is 15.7. The molecule has 0 unspecified atom stereocenters. The van der Waals surface area contributed by atoms with Crippen LogP contribution in [-0.4, -0.2) is 22.1 Å². The molecule has 0 fully saturated rings. The molecule has 0 aliphatic heterocycles. The summed E-state index contributed by atoms with van der Waals surface area (Å²) in [5, 5.41) is 13.5. The fraction of sp³-hybridized carbons (Fsp3) is 0.368. The third-order valence-corrected chi connectivity index (χ3v) is 8.39. The molecule has 5 rings (SSSR count). The van der Waals surface area contributed by atoms with Crippen molar-refractivity contribution in [1.29, 1.82) is 0 Å². The number of aryl methyl sites for hydroxylation is 2. The van der Waals surface area contributed by atoms with Crippen molar-refractivity contribution >= 4 is 38.5 Å². The van der Waals surface area contributed by atoms with Gasteiger partial charge in [0.15, 0.2) is 5.78 Å². The summed E-state index contributed by atoms with van der Waals surface area (Å²) in [5.74, 6) is 0.547. The maximum absolute atomic E-state index is 12.6. The molecule has 8 heteroatoms. The Morgan fingerprint density at radius 3 is 2.26 bits per heavy atom. The molecule has 0 saturated carbocycles. The number of pyridine rings is 1. The fourth-order valence-corrected chi connectivity index (χ4v) is 5.72. The van der Waals surface area contributed by atoms with E-state index in [2.05, 4.69) is 11.1 Å². The van der Waals surface area contributed by atoms with Gasteiger partial charge in [0.05, 0.1) is 11.3 Å². The molecular formula is C38H41F3IrNO3-. The number of carbonyl (C=O) groups is 1. The molecule has 3 aromatic carbocycles. The van der Waals surface area contributed by atoms with Crippen molar-refractivity contribution in [2.45, 2.75) is 79.3 Å². The van der Waals surface area contributed by atoms with Crippen LogP contribution in [0, 0.1) is 24.8 Å². The molecule has 0 atom stereocenters. The zero-order chi connectivity index (χ0) is 32.7. The van der Waals surface area contributed by atoms with Gasteiger partial charge in [0.25, 0.3) is 0 Å². The number of aliphatic hydroxyl groups is 1. The smallest absolute Gasteiger partial charge is 0.389 e. The van der Waals surface area contributed by atoms with Gasteiger partial charge < -0.3 is 14.5 Å². The summed E-state index contributed by atoms with van der Waals surface area (Å²) >= 11 is 0. The molecule has 0 spiro atoms. The minimum Gasteiger partial charge on any atom is -0.512 e. The monoisotopic (exact) mass is 809 g/mol. The van der Waals surface area contributed by atoms with E-state index in [0.29, 0.717) is 16.8 Å². The molecule has 0 aliphatic carbocycles. The molecule has 0 amide bonds. The first kappa shape index (κ1) is 37.0. The van der Waals surface area contributed by atoms with Crippen LogP contribution in [0.2, 0.25) is 0 Å². The maximum Gasteiger partial charge on any atom is 0.389 e. The molecule has 2 heterocycles. The van der Waals surface area contributed by atoms with Crippen LogP contribution < -0.4 is 0 Å². The summed E-state index contributed by atoms with van der Waals surface area (Å²) in [6, 6.07) is 20.5. The number of hydrogen-bond donors (Lipinski definition) is 1. The largest absolute Gasteiger partial charge is 0.512 e. The summed E-state index contributed by atoms with van der Waals surface area (Å²) < 4.78 is 43.9. The summed E-state index contributed by atoms with van der Waals surface area (Å²) in [7, 11) is 0. The first-order chi connectivity index (χ1) is 21.5. The van der Waals surface area contributed by atoms with E-state index in [1.165, 1.54) is 6.08 Å². The molecule has 46 heavy (non-hydrogen) atoms. The van der Waals surface area contributed by atoms with E-state index in [1.54, 1.807) is 18.3 Å². The number of rotatable bonds is 10. The number of carbonyl (C=O) groups excluding carboxylic acids is 1. The number of hydrogen-bond acceptors (Lipinski definition) is 4. The Morgan fingerprint density at radius 2 is 1.61 bits per heavy atom. The number of fused-ring (bicyclic) bond motifs is 4. The summed E-state index contributed by atoms with van der Waals surface area (Å²) in [5.41, 5.74) is 4.59. The van der Waals surface area contributed by atoms with Crippen molar-refractivity contribution < 1.29 is 47.6 Å². The Balaban J connectivity index is 0.000000309. The predicted molar refractivity (Wildman–Crippen MR) is 176 cm³/mol. The van der Waals surface area contributed by atoms with Crippen LogP contribution in [0.3, 0.4) is 0 Å². The molecule has 0 aliphatic rings. The van der Waals surface area contributed by atoms with Gasteiger partial charge in [-0.15, -0.1) is 17.7 Å². The van der Waals surface area contributed by atoms with Gasteiger partial charge in [0.1, 0.15) is 5.58 Å². The van der Waals surface area contributed by atoms with Crippen LogP contribution in [-0.2, 0) is 31.3 Å². The summed E-state index contributed by atoms with van der Waals surface area (Å²) in [6.07, 6.45) is 1.55. The Hall–Kier alpha value is -3.48. The van der Waals surface area contributed by atoms with E-state index in [4.69, 9.17) is 4.42 Å². The van der Waals surface area contributed by atoms with Crippen LogP contribution in [0.4, 0.5) is 13.2 Å². The zero-order valence-electron chi connectivity index (χ0n) is 26.9. The number of aliphatic hydroxyl groups excluding tert-OH is 1. The minimum absolute atomic E-state index is 0. The van der Waals surface area contributed by atoms with Gasteiger partial charge >= 0.3 is 6.18 Å². The predicted octanol–water partition coefficient (Wildman–Crippen LogP) is 11.3. The van der Waals surface area contributed by atoms with Gasteiger partial charge in [-0.3, -0.25) is 4.79 Å². The standard InChI is InChI=1S/C25H17F3NO.C13H24O2.Ir/c1-15-12-20-19-4-2-3-5-22(19)30-24(20)21(13-15)23-18-7-6-16(8-10-25(26,27)28)14-17(18)9-11-29-23;1-5-10(6-2)12(14)9-13(15)11(7-3)8-4;/h2-7,9,11-12,14H,8,10H2,1H3;9-11,14H,5-8H2,1-4H3;/q-1;;/b;12-9-;. The summed E-state index contributed by atoms with van der Waals surface area (Å²) in [4.78, 5) is 16.3. The Labute approximate surface area is 282 Å². The van der Waals surface area contributed by atoms with Crippen molar-refractivity contribution in [2.75, 3.05) is 0 Å². The molecule has 1 N–H and O–H groups in total. The second kappa shape index (κ2) is 16.4. The van der Waals surface area contributed by atoms with Crippen molar-refractivity contribution in [1.82, 2.24) is 4.98 Å². The third-order valence-electron chi connectivity index (χ3n) is 8.39. The topological polar surface area (TPSA) is 63.3 Å². The molecular weight excluding hydrogens is 768 g/mol. The second-order valence-electron chi connectivity index (χ2n) is 11.5. The van der Waals surface area contributed by atoms with Gasteiger partial charge in [-0.05, 0) is 66.3 Å². The fourth-order valence-electron chi connectivity index (χ4n) is 5.72. The second-order valence-corrected chi connectivity index (χ2v) is 11.5. The van der Waals surface area contributed by atoms with Gasteiger partial charge in [-0.2, -0.15) is 13.2 Å². The first-order valence-electron chi connectivity index (χ1n) is 15.7. The Bertz CT molecular complexity index is 1800. The number of aromatic nitrogens is 1. The molecule has 2 aromatic heterocycles. The van der Waals surface area contributed by atoms with Crippen LogP contribution in [0.5, 0.6) is 0 Å². The van der Waals surface area contributed by atoms with E-state index >= 15 is 0 Å². The van der Waals surface area contributed by atoms with Crippen LogP contribution >= 0.6 is 0 Å². The van der Waals surface area contributed by atoms with Crippen LogP contribution in [0.15, 0.2) is 77.0 Å². The number of allylic oxidation sites excluding steroid dienone is 2. The van der Waals surface area contributed by atoms with Crippen molar-refractivity contribution in [3.05, 3.63) is 89.8 Å². The maximum atomic E-state index is 12.6. The number of halogens is 3. The minimum atomic E-state index is -4.16. The number of alkyl halides is 3. The van der Waals surface area contributed by atoms with Crippen molar-refractivity contribution in [2.24, 2.45) is 11.8 Å². The average Bonchev–Trinajstić information content (AvgIpc) is 3.39. The molecule has 1 radical (unpaired) electrons. The molecule has 5 aromatic rings. The number of furan rings is 1. The van der Waals surface area contributed by atoms with Crippen molar-refractivity contribution in [3.8, 4) is 11.3 Å². The van der Waals surface area contributed by atoms with Gasteiger partial charge in [-0.25, -0.2) is 0 Å². The van der Waals surface area contributed by atoms with E-state index in [0.717, 1.165) is 63.9 Å². The van der Waals surface area contributed by atoms with Crippen molar-refractivity contribution in [3.63, 3.8) is 0 Å². The van der Waals surface area contributed by atoms with Crippen LogP contribution in [0.25, 0.3) is 44.0 Å². The SMILES string of the molecule is CCC(CC)C(=O)/C=C(\O)C(CC)CC.Cc1[c-]c(-c2nccc3cc(CCC(F)(F)F)ccc23)c2oc3ccccc3c2c1.[Ir].